The summed E-state index contributed by atoms with van der Waals surface area (Å²) >= 11 is 5.70. The molecular weight excluding hydrogens is 395 g/mol. The summed E-state index contributed by atoms with van der Waals surface area (Å²) in [6.07, 6.45) is 4.98. The molecule has 29 heavy (non-hydrogen) atoms. The number of hydrogen-bond acceptors (Lipinski definition) is 4. The zero-order valence-electron chi connectivity index (χ0n) is 15.4. The van der Waals surface area contributed by atoms with E-state index in [1.54, 1.807) is 30.5 Å². The Kier molecular flexibility index (Phi) is 6.27. The van der Waals surface area contributed by atoms with Crippen molar-refractivity contribution in [2.75, 3.05) is 5.32 Å². The lowest BCUT2D eigenvalue weighted by atomic mass is 10.1. The van der Waals surface area contributed by atoms with Crippen LogP contribution in [0.3, 0.4) is 0 Å². The van der Waals surface area contributed by atoms with E-state index in [1.807, 2.05) is 23.9 Å². The van der Waals surface area contributed by atoms with Gasteiger partial charge in [-0.05, 0) is 42.0 Å². The maximum atomic E-state index is 13.2. The van der Waals surface area contributed by atoms with Crippen LogP contribution >= 0.6 is 11.6 Å². The van der Waals surface area contributed by atoms with Gasteiger partial charge in [-0.3, -0.25) is 4.79 Å². The number of nitriles is 1. The van der Waals surface area contributed by atoms with Crippen LogP contribution in [-0.2, 0) is 18.4 Å². The average molecular weight is 411 g/mol. The lowest BCUT2D eigenvalue weighted by Gasteiger charge is -2.07. The molecular formula is C21H16ClFN4O2. The van der Waals surface area contributed by atoms with Gasteiger partial charge < -0.3 is 14.6 Å². The molecule has 8 heteroatoms. The first-order valence-electron chi connectivity index (χ1n) is 8.53. The third-order valence-electron chi connectivity index (χ3n) is 4.02. The molecule has 0 aliphatic rings. The molecule has 1 heterocycles. The normalized spacial score (nSPS) is 11.0. The number of carbonyl (C=O) groups is 1. The highest BCUT2D eigenvalue weighted by Crippen LogP contribution is 2.20. The van der Waals surface area contributed by atoms with Gasteiger partial charge in [0.05, 0.1) is 5.02 Å². The number of ether oxygens (including phenoxy) is 1. The Morgan fingerprint density at radius 1 is 1.34 bits per heavy atom. The summed E-state index contributed by atoms with van der Waals surface area (Å²) in [5, 5.41) is 11.7. The van der Waals surface area contributed by atoms with Crippen LogP contribution in [0.25, 0.3) is 6.08 Å². The zero-order valence-corrected chi connectivity index (χ0v) is 16.2. The van der Waals surface area contributed by atoms with Gasteiger partial charge in [-0.1, -0.05) is 23.7 Å². The minimum Gasteiger partial charge on any atom is -0.486 e. The molecule has 0 aliphatic heterocycles. The predicted octanol–water partition coefficient (Wildman–Crippen LogP) is 4.34. The summed E-state index contributed by atoms with van der Waals surface area (Å²) in [7, 11) is 1.88. The van der Waals surface area contributed by atoms with E-state index in [0.29, 0.717) is 23.6 Å². The quantitative estimate of drug-likeness (QED) is 0.484. The number of carbonyl (C=O) groups excluding carboxylic acids is 1. The van der Waals surface area contributed by atoms with Crippen molar-refractivity contribution in [2.45, 2.75) is 6.61 Å². The van der Waals surface area contributed by atoms with Gasteiger partial charge in [0, 0.05) is 25.1 Å². The smallest absolute Gasteiger partial charge is 0.266 e. The number of anilines is 1. The van der Waals surface area contributed by atoms with Crippen molar-refractivity contribution in [3.8, 4) is 11.8 Å². The molecule has 0 bridgehead atoms. The molecule has 0 spiro atoms. The molecule has 3 aromatic rings. The van der Waals surface area contributed by atoms with Crippen molar-refractivity contribution in [3.63, 3.8) is 0 Å². The number of halogens is 2. The largest absolute Gasteiger partial charge is 0.486 e. The lowest BCUT2D eigenvalue weighted by Crippen LogP contribution is -2.13. The second-order valence-electron chi connectivity index (χ2n) is 6.06. The highest BCUT2D eigenvalue weighted by molar-refractivity contribution is 6.31. The van der Waals surface area contributed by atoms with E-state index in [9.17, 15) is 14.4 Å². The van der Waals surface area contributed by atoms with Crippen LogP contribution in [-0.4, -0.2) is 15.5 Å². The van der Waals surface area contributed by atoms with E-state index in [-0.39, 0.29) is 10.6 Å². The third kappa shape index (κ3) is 5.21. The molecule has 2 aromatic carbocycles. The SMILES string of the molecule is Cn1ccnc1COc1ccc(/C=C(\C#N)C(=O)Nc2ccc(F)c(Cl)c2)cc1. The van der Waals surface area contributed by atoms with Gasteiger partial charge in [-0.15, -0.1) is 0 Å². The summed E-state index contributed by atoms with van der Waals surface area (Å²) in [6, 6.07) is 12.6. The van der Waals surface area contributed by atoms with Crippen LogP contribution in [0.4, 0.5) is 10.1 Å². The van der Waals surface area contributed by atoms with E-state index >= 15 is 0 Å². The van der Waals surface area contributed by atoms with Crippen molar-refractivity contribution in [2.24, 2.45) is 7.05 Å². The second-order valence-corrected chi connectivity index (χ2v) is 6.47. The predicted molar refractivity (Wildman–Crippen MR) is 108 cm³/mol. The van der Waals surface area contributed by atoms with Gasteiger partial charge in [-0.25, -0.2) is 9.37 Å². The molecule has 0 fully saturated rings. The number of nitrogens with zero attached hydrogens (tertiary/aromatic N) is 3. The van der Waals surface area contributed by atoms with Crippen molar-refractivity contribution < 1.29 is 13.9 Å². The van der Waals surface area contributed by atoms with Crippen LogP contribution in [0, 0.1) is 17.1 Å². The maximum Gasteiger partial charge on any atom is 0.266 e. The molecule has 1 amide bonds. The van der Waals surface area contributed by atoms with Crippen LogP contribution in [0.5, 0.6) is 5.75 Å². The Bertz CT molecular complexity index is 1100. The number of imidazole rings is 1. The van der Waals surface area contributed by atoms with Gasteiger partial charge in [0.15, 0.2) is 0 Å². The molecule has 3 rings (SSSR count). The van der Waals surface area contributed by atoms with Crippen molar-refractivity contribution in [1.82, 2.24) is 9.55 Å². The average Bonchev–Trinajstić information content (AvgIpc) is 3.13. The number of benzene rings is 2. The topological polar surface area (TPSA) is 79.9 Å². The van der Waals surface area contributed by atoms with Gasteiger partial charge in [0.1, 0.15) is 35.6 Å². The second kappa shape index (κ2) is 9.04. The fourth-order valence-corrected chi connectivity index (χ4v) is 2.61. The highest BCUT2D eigenvalue weighted by Gasteiger charge is 2.11. The Balaban J connectivity index is 1.66. The minimum atomic E-state index is -0.620. The zero-order chi connectivity index (χ0) is 20.8. The first kappa shape index (κ1) is 20.1. The summed E-state index contributed by atoms with van der Waals surface area (Å²) in [4.78, 5) is 16.5. The number of nitrogens with one attached hydrogen (secondary N) is 1. The van der Waals surface area contributed by atoms with Gasteiger partial charge in [0.2, 0.25) is 0 Å². The monoisotopic (exact) mass is 410 g/mol. The lowest BCUT2D eigenvalue weighted by molar-refractivity contribution is -0.112. The molecule has 0 radical (unpaired) electrons. The van der Waals surface area contributed by atoms with E-state index in [1.165, 1.54) is 18.2 Å². The van der Waals surface area contributed by atoms with Crippen LogP contribution < -0.4 is 10.1 Å². The van der Waals surface area contributed by atoms with E-state index in [4.69, 9.17) is 16.3 Å². The Hall–Kier alpha value is -3.63. The van der Waals surface area contributed by atoms with Crippen molar-refractivity contribution in [3.05, 3.63) is 82.7 Å². The van der Waals surface area contributed by atoms with Crippen LogP contribution in [0.1, 0.15) is 11.4 Å². The molecule has 6 nitrogen and oxygen atoms in total. The summed E-state index contributed by atoms with van der Waals surface area (Å²) in [5.41, 5.74) is 0.839. The molecule has 146 valence electrons. The van der Waals surface area contributed by atoms with Gasteiger partial charge in [0.25, 0.3) is 5.91 Å². The Morgan fingerprint density at radius 3 is 2.72 bits per heavy atom. The van der Waals surface area contributed by atoms with Crippen LogP contribution in [0.2, 0.25) is 5.02 Å². The molecule has 0 atom stereocenters. The Morgan fingerprint density at radius 2 is 2.10 bits per heavy atom. The molecule has 1 aromatic heterocycles. The van der Waals surface area contributed by atoms with Crippen molar-refractivity contribution >= 4 is 29.3 Å². The first-order chi connectivity index (χ1) is 14.0. The number of hydrogen-bond donors (Lipinski definition) is 1. The molecule has 1 N–H and O–H groups in total. The standard InChI is InChI=1S/C21H16ClFN4O2/c1-27-9-8-25-20(27)13-29-17-5-2-14(3-6-17)10-15(12-24)21(28)26-16-4-7-19(23)18(22)11-16/h2-11H,13H2,1H3,(H,26,28)/b15-10+. The molecule has 0 unspecified atom stereocenters. The van der Waals surface area contributed by atoms with Crippen molar-refractivity contribution in [1.29, 1.82) is 5.26 Å². The van der Waals surface area contributed by atoms with E-state index in [2.05, 4.69) is 10.3 Å². The maximum absolute atomic E-state index is 13.2. The summed E-state index contributed by atoms with van der Waals surface area (Å²) in [5.74, 6) is 0.212. The summed E-state index contributed by atoms with van der Waals surface area (Å²) in [6.45, 7) is 0.324. The molecule has 0 saturated carbocycles. The minimum absolute atomic E-state index is 0.105. The highest BCUT2D eigenvalue weighted by atomic mass is 35.5. The number of rotatable bonds is 6. The summed E-state index contributed by atoms with van der Waals surface area (Å²) < 4.78 is 20.7. The van der Waals surface area contributed by atoms with E-state index in [0.717, 1.165) is 11.9 Å². The molecule has 0 saturated heterocycles. The number of amides is 1. The third-order valence-corrected chi connectivity index (χ3v) is 4.31. The first-order valence-corrected chi connectivity index (χ1v) is 8.91. The fourth-order valence-electron chi connectivity index (χ4n) is 2.43. The molecule has 0 aliphatic carbocycles. The van der Waals surface area contributed by atoms with Crippen LogP contribution in [0.15, 0.2) is 60.4 Å². The van der Waals surface area contributed by atoms with Gasteiger partial charge >= 0.3 is 0 Å². The Labute approximate surface area is 171 Å². The number of aryl methyl sites for hydroxylation is 1. The fraction of sp³-hybridized carbons (Fsp3) is 0.0952. The number of aromatic nitrogens is 2. The van der Waals surface area contributed by atoms with E-state index < -0.39 is 11.7 Å². The van der Waals surface area contributed by atoms with Gasteiger partial charge in [-0.2, -0.15) is 5.26 Å².